The standard InChI is InChI=1S/C30H42N2O4/c1-20(2)19-32(24-9-7-6-8-10-24)27-16-15-25(36-29(21(3)4)30(34)35)18-26(27)31-28(33)17-23-13-11-22(5)12-14-23/h11-16,18,20-21,24,29H,6-10,17,19H2,1-5H3,(H,31,33)(H,34,35). The topological polar surface area (TPSA) is 78.9 Å². The van der Waals surface area contributed by atoms with Gasteiger partial charge in [-0.15, -0.1) is 0 Å². The van der Waals surface area contributed by atoms with Crippen LogP contribution in [-0.4, -0.2) is 35.7 Å². The molecule has 0 radical (unpaired) electrons. The molecule has 0 aliphatic heterocycles. The van der Waals surface area contributed by atoms with E-state index in [-0.39, 0.29) is 18.2 Å². The molecule has 2 aromatic rings. The Labute approximate surface area is 216 Å². The van der Waals surface area contributed by atoms with E-state index in [1.807, 2.05) is 57.2 Å². The highest BCUT2D eigenvalue weighted by molar-refractivity contribution is 5.96. The Morgan fingerprint density at radius 1 is 1.03 bits per heavy atom. The first-order valence-corrected chi connectivity index (χ1v) is 13.3. The molecule has 1 fully saturated rings. The van der Waals surface area contributed by atoms with Crippen LogP contribution in [0.15, 0.2) is 42.5 Å². The van der Waals surface area contributed by atoms with Gasteiger partial charge in [-0.05, 0) is 43.4 Å². The first-order valence-electron chi connectivity index (χ1n) is 13.3. The second-order valence-electron chi connectivity index (χ2n) is 10.8. The van der Waals surface area contributed by atoms with Gasteiger partial charge in [0.1, 0.15) is 5.75 Å². The molecule has 36 heavy (non-hydrogen) atoms. The molecular formula is C30H42N2O4. The highest BCUT2D eigenvalue weighted by Gasteiger charge is 2.27. The van der Waals surface area contributed by atoms with E-state index < -0.39 is 12.1 Å². The molecule has 1 unspecified atom stereocenters. The van der Waals surface area contributed by atoms with Crippen LogP contribution in [0.3, 0.4) is 0 Å². The summed E-state index contributed by atoms with van der Waals surface area (Å²) in [5.41, 5.74) is 3.74. The third-order valence-corrected chi connectivity index (χ3v) is 6.73. The van der Waals surface area contributed by atoms with Crippen LogP contribution >= 0.6 is 0 Å². The number of benzene rings is 2. The molecule has 6 nitrogen and oxygen atoms in total. The molecule has 1 atom stereocenters. The van der Waals surface area contributed by atoms with E-state index in [4.69, 9.17) is 4.74 Å². The summed E-state index contributed by atoms with van der Waals surface area (Å²) in [5, 5.41) is 12.7. The van der Waals surface area contributed by atoms with E-state index >= 15 is 0 Å². The summed E-state index contributed by atoms with van der Waals surface area (Å²) in [7, 11) is 0. The number of carbonyl (C=O) groups excluding carboxylic acids is 1. The quantitative estimate of drug-likeness (QED) is 0.375. The number of aliphatic carboxylic acids is 1. The Kier molecular flexibility index (Phi) is 9.80. The number of carboxylic acids is 1. The molecule has 1 aliphatic carbocycles. The lowest BCUT2D eigenvalue weighted by Crippen LogP contribution is -2.40. The molecule has 2 N–H and O–H groups in total. The van der Waals surface area contributed by atoms with Gasteiger partial charge in [-0.25, -0.2) is 4.79 Å². The van der Waals surface area contributed by atoms with Gasteiger partial charge >= 0.3 is 5.97 Å². The second kappa shape index (κ2) is 12.8. The number of anilines is 2. The molecule has 0 saturated heterocycles. The maximum Gasteiger partial charge on any atom is 0.345 e. The SMILES string of the molecule is Cc1ccc(CC(=O)Nc2cc(OC(C(=O)O)C(C)C)ccc2N(CC(C)C)C2CCCCC2)cc1. The van der Waals surface area contributed by atoms with Crippen molar-refractivity contribution < 1.29 is 19.4 Å². The molecular weight excluding hydrogens is 452 g/mol. The fourth-order valence-electron chi connectivity index (χ4n) is 4.87. The Morgan fingerprint density at radius 3 is 2.28 bits per heavy atom. The number of rotatable bonds is 11. The fraction of sp³-hybridized carbons (Fsp3) is 0.533. The van der Waals surface area contributed by atoms with Crippen molar-refractivity contribution in [2.24, 2.45) is 11.8 Å². The van der Waals surface area contributed by atoms with Crippen LogP contribution in [0, 0.1) is 18.8 Å². The summed E-state index contributed by atoms with van der Waals surface area (Å²) in [5.74, 6) is -0.400. The predicted octanol–water partition coefficient (Wildman–Crippen LogP) is 6.46. The smallest absolute Gasteiger partial charge is 0.345 e. The zero-order valence-electron chi connectivity index (χ0n) is 22.4. The normalized spacial score (nSPS) is 15.1. The van der Waals surface area contributed by atoms with E-state index in [9.17, 15) is 14.7 Å². The van der Waals surface area contributed by atoms with Gasteiger partial charge in [-0.1, -0.05) is 76.8 Å². The fourth-order valence-corrected chi connectivity index (χ4v) is 4.87. The van der Waals surface area contributed by atoms with Crippen LogP contribution < -0.4 is 15.0 Å². The van der Waals surface area contributed by atoms with Crippen LogP contribution in [0.2, 0.25) is 0 Å². The molecule has 1 saturated carbocycles. The number of carbonyl (C=O) groups is 2. The zero-order chi connectivity index (χ0) is 26.2. The molecule has 0 heterocycles. The van der Waals surface area contributed by atoms with Crippen molar-refractivity contribution in [1.82, 2.24) is 0 Å². The summed E-state index contributed by atoms with van der Waals surface area (Å²) < 4.78 is 5.88. The Balaban J connectivity index is 1.94. The lowest BCUT2D eigenvalue weighted by atomic mass is 9.93. The molecule has 1 amide bonds. The molecule has 6 heteroatoms. The molecule has 0 spiro atoms. The van der Waals surface area contributed by atoms with Gasteiger partial charge in [-0.2, -0.15) is 0 Å². The largest absolute Gasteiger partial charge is 0.478 e. The van der Waals surface area contributed by atoms with Crippen molar-refractivity contribution in [3.05, 3.63) is 53.6 Å². The lowest BCUT2D eigenvalue weighted by molar-refractivity contribution is -0.147. The van der Waals surface area contributed by atoms with E-state index in [0.717, 1.165) is 36.2 Å². The summed E-state index contributed by atoms with van der Waals surface area (Å²) in [6.45, 7) is 11.0. The van der Waals surface area contributed by atoms with Crippen molar-refractivity contribution >= 4 is 23.3 Å². The summed E-state index contributed by atoms with van der Waals surface area (Å²) in [6, 6.07) is 14.0. The van der Waals surface area contributed by atoms with Crippen molar-refractivity contribution in [2.75, 3.05) is 16.8 Å². The van der Waals surface area contributed by atoms with Crippen molar-refractivity contribution in [3.8, 4) is 5.75 Å². The van der Waals surface area contributed by atoms with E-state index in [1.54, 1.807) is 6.07 Å². The number of hydrogen-bond acceptors (Lipinski definition) is 4. The van der Waals surface area contributed by atoms with Crippen molar-refractivity contribution in [2.45, 2.75) is 85.3 Å². The summed E-state index contributed by atoms with van der Waals surface area (Å²) in [4.78, 5) is 27.3. The molecule has 1 aliphatic rings. The number of carboxylic acid groups (broad SMARTS) is 1. The van der Waals surface area contributed by atoms with Gasteiger partial charge < -0.3 is 20.1 Å². The Bertz CT molecular complexity index is 1010. The maximum absolute atomic E-state index is 13.1. The van der Waals surface area contributed by atoms with E-state index in [0.29, 0.717) is 23.4 Å². The number of nitrogens with zero attached hydrogens (tertiary/aromatic N) is 1. The molecule has 196 valence electrons. The average molecular weight is 495 g/mol. The van der Waals surface area contributed by atoms with E-state index in [2.05, 4.69) is 24.1 Å². The van der Waals surface area contributed by atoms with Crippen molar-refractivity contribution in [1.29, 1.82) is 0 Å². The average Bonchev–Trinajstić information content (AvgIpc) is 2.83. The first kappa shape index (κ1) is 27.6. The van der Waals surface area contributed by atoms with Crippen LogP contribution in [0.1, 0.15) is 70.9 Å². The summed E-state index contributed by atoms with van der Waals surface area (Å²) in [6.07, 6.45) is 5.27. The molecule has 0 aromatic heterocycles. The maximum atomic E-state index is 13.1. The van der Waals surface area contributed by atoms with Crippen LogP contribution in [-0.2, 0) is 16.0 Å². The highest BCUT2D eigenvalue weighted by atomic mass is 16.5. The van der Waals surface area contributed by atoms with E-state index in [1.165, 1.54) is 19.3 Å². The van der Waals surface area contributed by atoms with Crippen LogP contribution in [0.4, 0.5) is 11.4 Å². The van der Waals surface area contributed by atoms with Gasteiger partial charge in [0.2, 0.25) is 5.91 Å². The third-order valence-electron chi connectivity index (χ3n) is 6.73. The van der Waals surface area contributed by atoms with Gasteiger partial charge in [0, 0.05) is 24.6 Å². The number of nitrogens with one attached hydrogen (secondary N) is 1. The number of hydrogen-bond donors (Lipinski definition) is 2. The molecule has 2 aromatic carbocycles. The van der Waals surface area contributed by atoms with Crippen LogP contribution in [0.25, 0.3) is 0 Å². The van der Waals surface area contributed by atoms with Crippen molar-refractivity contribution in [3.63, 3.8) is 0 Å². The summed E-state index contributed by atoms with van der Waals surface area (Å²) >= 11 is 0. The molecule has 3 rings (SSSR count). The minimum absolute atomic E-state index is 0.107. The third kappa shape index (κ3) is 7.74. The van der Waals surface area contributed by atoms with Crippen LogP contribution in [0.5, 0.6) is 5.75 Å². The second-order valence-corrected chi connectivity index (χ2v) is 10.8. The Hall–Kier alpha value is -3.02. The minimum atomic E-state index is -0.998. The van der Waals surface area contributed by atoms with Gasteiger partial charge in [0.25, 0.3) is 0 Å². The Morgan fingerprint density at radius 2 is 1.69 bits per heavy atom. The van der Waals surface area contributed by atoms with Gasteiger partial charge in [-0.3, -0.25) is 4.79 Å². The minimum Gasteiger partial charge on any atom is -0.478 e. The number of ether oxygens (including phenoxy) is 1. The number of amides is 1. The lowest BCUT2D eigenvalue weighted by Gasteiger charge is -2.38. The number of aryl methyl sites for hydroxylation is 1. The zero-order valence-corrected chi connectivity index (χ0v) is 22.4. The predicted molar refractivity (Wildman–Crippen MR) is 146 cm³/mol. The van der Waals surface area contributed by atoms with Gasteiger partial charge in [0.05, 0.1) is 17.8 Å². The monoisotopic (exact) mass is 494 g/mol. The highest BCUT2D eigenvalue weighted by Crippen LogP contribution is 2.36. The van der Waals surface area contributed by atoms with Gasteiger partial charge in [0.15, 0.2) is 6.10 Å². The first-order chi connectivity index (χ1) is 17.1. The molecule has 0 bridgehead atoms.